The second-order valence-corrected chi connectivity index (χ2v) is 6.59. The number of benzene rings is 1. The summed E-state index contributed by atoms with van der Waals surface area (Å²) in [6.07, 6.45) is 3.97. The Morgan fingerprint density at radius 2 is 2.04 bits per heavy atom. The maximum Gasteiger partial charge on any atom is 0.164 e. The van der Waals surface area contributed by atoms with E-state index >= 15 is 0 Å². The highest BCUT2D eigenvalue weighted by atomic mass is 19.1. The summed E-state index contributed by atoms with van der Waals surface area (Å²) in [7, 11) is 1.94. The number of halogens is 1. The summed E-state index contributed by atoms with van der Waals surface area (Å²) < 4.78 is 17.2. The van der Waals surface area contributed by atoms with Crippen molar-refractivity contribution in [2.45, 2.75) is 38.9 Å². The standard InChI is InChI=1S/C18H21FN6/c1-12-14(10-24(2)23-12)9-20-16-7-8-17-21-22-18(25(17)11-16)13-3-5-15(19)6-4-13/h3-6,10,16,20H,7-9,11H2,1-2H3/t16-/m1/s1. The Morgan fingerprint density at radius 1 is 1.24 bits per heavy atom. The average Bonchev–Trinajstić information content (AvgIpc) is 3.16. The maximum atomic E-state index is 13.2. The van der Waals surface area contributed by atoms with Crippen molar-refractivity contribution in [3.63, 3.8) is 0 Å². The zero-order valence-electron chi connectivity index (χ0n) is 14.4. The summed E-state index contributed by atoms with van der Waals surface area (Å²) in [5.74, 6) is 1.56. The van der Waals surface area contributed by atoms with E-state index in [9.17, 15) is 4.39 Å². The Morgan fingerprint density at radius 3 is 2.76 bits per heavy atom. The molecule has 0 unspecified atom stereocenters. The summed E-state index contributed by atoms with van der Waals surface area (Å²) >= 11 is 0. The molecule has 1 N–H and O–H groups in total. The van der Waals surface area contributed by atoms with Crippen LogP contribution in [0.5, 0.6) is 0 Å². The van der Waals surface area contributed by atoms with Crippen molar-refractivity contribution in [3.8, 4) is 11.4 Å². The van der Waals surface area contributed by atoms with E-state index in [1.807, 2.05) is 18.7 Å². The van der Waals surface area contributed by atoms with E-state index in [0.29, 0.717) is 6.04 Å². The minimum atomic E-state index is -0.242. The molecular weight excluding hydrogens is 319 g/mol. The predicted molar refractivity (Wildman–Crippen MR) is 92.3 cm³/mol. The van der Waals surface area contributed by atoms with E-state index in [4.69, 9.17) is 0 Å². The maximum absolute atomic E-state index is 13.2. The quantitative estimate of drug-likeness (QED) is 0.791. The summed E-state index contributed by atoms with van der Waals surface area (Å²) in [6.45, 7) is 3.64. The molecule has 1 aliphatic heterocycles. The van der Waals surface area contributed by atoms with Crippen molar-refractivity contribution >= 4 is 0 Å². The Hall–Kier alpha value is -2.54. The van der Waals surface area contributed by atoms with Gasteiger partial charge in [-0.3, -0.25) is 4.68 Å². The third kappa shape index (κ3) is 3.19. The number of fused-ring (bicyclic) bond motifs is 1. The Bertz CT molecular complexity index is 880. The molecule has 0 bridgehead atoms. The molecule has 1 aliphatic rings. The van der Waals surface area contributed by atoms with E-state index in [1.165, 1.54) is 17.7 Å². The molecule has 0 radical (unpaired) electrons. The Balaban J connectivity index is 1.49. The molecule has 2 aromatic heterocycles. The average molecular weight is 340 g/mol. The first kappa shape index (κ1) is 16.0. The molecule has 0 fully saturated rings. The lowest BCUT2D eigenvalue weighted by Gasteiger charge is -2.25. The van der Waals surface area contributed by atoms with Crippen LogP contribution in [0, 0.1) is 12.7 Å². The van der Waals surface area contributed by atoms with Crippen LogP contribution < -0.4 is 5.32 Å². The Kier molecular flexibility index (Phi) is 4.09. The van der Waals surface area contributed by atoms with Crippen LogP contribution in [0.4, 0.5) is 4.39 Å². The number of hydrogen-bond acceptors (Lipinski definition) is 4. The molecule has 0 amide bonds. The van der Waals surface area contributed by atoms with Crippen molar-refractivity contribution in [2.24, 2.45) is 7.05 Å². The van der Waals surface area contributed by atoms with Crippen molar-refractivity contribution in [2.75, 3.05) is 0 Å². The highest BCUT2D eigenvalue weighted by Crippen LogP contribution is 2.23. The molecule has 0 spiro atoms. The predicted octanol–water partition coefficient (Wildman–Crippen LogP) is 2.23. The molecule has 0 saturated carbocycles. The van der Waals surface area contributed by atoms with E-state index in [2.05, 4.69) is 31.4 Å². The third-order valence-electron chi connectivity index (χ3n) is 4.75. The highest BCUT2D eigenvalue weighted by Gasteiger charge is 2.23. The van der Waals surface area contributed by atoms with Gasteiger partial charge in [-0.2, -0.15) is 5.10 Å². The number of hydrogen-bond donors (Lipinski definition) is 1. The van der Waals surface area contributed by atoms with Gasteiger partial charge >= 0.3 is 0 Å². The van der Waals surface area contributed by atoms with Gasteiger partial charge < -0.3 is 9.88 Å². The smallest absolute Gasteiger partial charge is 0.164 e. The van der Waals surface area contributed by atoms with Gasteiger partial charge in [0.25, 0.3) is 0 Å². The molecular formula is C18H21FN6. The van der Waals surface area contributed by atoms with Gasteiger partial charge in [-0.1, -0.05) is 0 Å². The molecule has 3 aromatic rings. The third-order valence-corrected chi connectivity index (χ3v) is 4.75. The van der Waals surface area contributed by atoms with E-state index in [0.717, 1.165) is 48.8 Å². The fourth-order valence-electron chi connectivity index (χ4n) is 3.38. The lowest BCUT2D eigenvalue weighted by Crippen LogP contribution is -2.37. The van der Waals surface area contributed by atoms with Crippen molar-refractivity contribution in [3.05, 3.63) is 53.4 Å². The number of aromatic nitrogens is 5. The van der Waals surface area contributed by atoms with Crippen LogP contribution in [-0.2, 0) is 26.6 Å². The normalized spacial score (nSPS) is 16.8. The summed E-state index contributed by atoms with van der Waals surface area (Å²) in [5, 5.41) is 16.6. The topological polar surface area (TPSA) is 60.6 Å². The van der Waals surface area contributed by atoms with Gasteiger partial charge in [-0.25, -0.2) is 4.39 Å². The monoisotopic (exact) mass is 340 g/mol. The zero-order chi connectivity index (χ0) is 17.4. The minimum absolute atomic E-state index is 0.242. The SMILES string of the molecule is Cc1nn(C)cc1CN[C@@H]1CCc2nnc(-c3ccc(F)cc3)n2C1. The van der Waals surface area contributed by atoms with Crippen molar-refractivity contribution < 1.29 is 4.39 Å². The number of rotatable bonds is 4. The molecule has 130 valence electrons. The van der Waals surface area contributed by atoms with Crippen molar-refractivity contribution in [1.82, 2.24) is 29.9 Å². The van der Waals surface area contributed by atoms with Crippen LogP contribution in [0.2, 0.25) is 0 Å². The second kappa shape index (κ2) is 6.40. The summed E-state index contributed by atoms with van der Waals surface area (Å²) in [4.78, 5) is 0. The van der Waals surface area contributed by atoms with E-state index in [-0.39, 0.29) is 5.82 Å². The van der Waals surface area contributed by atoms with Crippen LogP contribution in [-0.4, -0.2) is 30.6 Å². The van der Waals surface area contributed by atoms with Gasteiger partial charge in [0.15, 0.2) is 5.82 Å². The Labute approximate surface area is 145 Å². The molecule has 1 atom stereocenters. The summed E-state index contributed by atoms with van der Waals surface area (Å²) in [6, 6.07) is 6.77. The number of nitrogens with zero attached hydrogens (tertiary/aromatic N) is 5. The fraction of sp³-hybridized carbons (Fsp3) is 0.389. The molecule has 7 heteroatoms. The number of nitrogens with one attached hydrogen (secondary N) is 1. The fourth-order valence-corrected chi connectivity index (χ4v) is 3.38. The summed E-state index contributed by atoms with van der Waals surface area (Å²) in [5.41, 5.74) is 3.17. The molecule has 4 rings (SSSR count). The van der Waals surface area contributed by atoms with Gasteiger partial charge in [0, 0.05) is 49.9 Å². The van der Waals surface area contributed by atoms with Crippen LogP contribution in [0.25, 0.3) is 11.4 Å². The first-order chi connectivity index (χ1) is 12.1. The van der Waals surface area contributed by atoms with Crippen molar-refractivity contribution in [1.29, 1.82) is 0 Å². The zero-order valence-corrected chi connectivity index (χ0v) is 14.4. The number of aryl methyl sites for hydroxylation is 3. The first-order valence-corrected chi connectivity index (χ1v) is 8.50. The molecule has 0 saturated heterocycles. The van der Waals surface area contributed by atoms with E-state index in [1.54, 1.807) is 12.1 Å². The molecule has 25 heavy (non-hydrogen) atoms. The van der Waals surface area contributed by atoms with Gasteiger partial charge in [-0.15, -0.1) is 10.2 Å². The lowest BCUT2D eigenvalue weighted by atomic mass is 10.1. The van der Waals surface area contributed by atoms with Crippen LogP contribution in [0.1, 0.15) is 23.5 Å². The van der Waals surface area contributed by atoms with Crippen LogP contribution >= 0.6 is 0 Å². The second-order valence-electron chi connectivity index (χ2n) is 6.59. The molecule has 0 aliphatic carbocycles. The molecule has 6 nitrogen and oxygen atoms in total. The lowest BCUT2D eigenvalue weighted by molar-refractivity contribution is 0.380. The van der Waals surface area contributed by atoms with Crippen LogP contribution in [0.15, 0.2) is 30.5 Å². The molecule has 3 heterocycles. The first-order valence-electron chi connectivity index (χ1n) is 8.50. The van der Waals surface area contributed by atoms with Crippen LogP contribution in [0.3, 0.4) is 0 Å². The van der Waals surface area contributed by atoms with Gasteiger partial charge in [0.1, 0.15) is 11.6 Å². The van der Waals surface area contributed by atoms with Gasteiger partial charge in [0.05, 0.1) is 5.69 Å². The largest absolute Gasteiger partial charge is 0.309 e. The highest BCUT2D eigenvalue weighted by molar-refractivity contribution is 5.55. The molecule has 1 aromatic carbocycles. The van der Waals surface area contributed by atoms with Gasteiger partial charge in [-0.05, 0) is 37.6 Å². The minimum Gasteiger partial charge on any atom is -0.309 e. The van der Waals surface area contributed by atoms with Gasteiger partial charge in [0.2, 0.25) is 0 Å². The van der Waals surface area contributed by atoms with E-state index < -0.39 is 0 Å².